The van der Waals surface area contributed by atoms with Crippen LogP contribution in [0.1, 0.15) is 37.6 Å². The van der Waals surface area contributed by atoms with Gasteiger partial charge in [-0.3, -0.25) is 4.79 Å². The van der Waals surface area contributed by atoms with Gasteiger partial charge in [-0.1, -0.05) is 13.8 Å². The molecule has 0 bridgehead atoms. The summed E-state index contributed by atoms with van der Waals surface area (Å²) in [6, 6.07) is 5.52. The zero-order valence-electron chi connectivity index (χ0n) is 12.0. The average Bonchev–Trinajstić information content (AvgIpc) is 2.69. The summed E-state index contributed by atoms with van der Waals surface area (Å²) in [7, 11) is 0. The Labute approximate surface area is 115 Å². The van der Waals surface area contributed by atoms with Gasteiger partial charge >= 0.3 is 0 Å². The third-order valence-electron chi connectivity index (χ3n) is 3.62. The lowest BCUT2D eigenvalue weighted by atomic mass is 9.93. The molecule has 3 N–H and O–H groups in total. The average molecular weight is 261 g/mol. The molecule has 4 heteroatoms. The predicted molar refractivity (Wildman–Crippen MR) is 79.5 cm³/mol. The molecule has 1 aromatic carbocycles. The number of amides is 1. The molecule has 19 heavy (non-hydrogen) atoms. The Kier molecular flexibility index (Phi) is 3.69. The van der Waals surface area contributed by atoms with Crippen molar-refractivity contribution in [3.8, 4) is 0 Å². The van der Waals surface area contributed by atoms with Crippen molar-refractivity contribution in [3.63, 3.8) is 0 Å². The number of rotatable bonds is 3. The zero-order valence-corrected chi connectivity index (χ0v) is 12.0. The fraction of sp³-hybridized carbons (Fsp3) is 0.533. The molecule has 1 aromatic rings. The topological polar surface area (TPSA) is 58.4 Å². The lowest BCUT2D eigenvalue weighted by molar-refractivity contribution is 0.0956. The summed E-state index contributed by atoms with van der Waals surface area (Å²) in [5.74, 6) is -0.0257. The van der Waals surface area contributed by atoms with Gasteiger partial charge in [-0.25, -0.2) is 0 Å². The first-order valence-corrected chi connectivity index (χ1v) is 6.85. The summed E-state index contributed by atoms with van der Waals surface area (Å²) < 4.78 is 0. The second-order valence-electron chi connectivity index (χ2n) is 5.97. The molecule has 0 unspecified atom stereocenters. The molecule has 104 valence electrons. The van der Waals surface area contributed by atoms with Gasteiger partial charge in [0, 0.05) is 25.3 Å². The van der Waals surface area contributed by atoms with Gasteiger partial charge in [0.15, 0.2) is 0 Å². The van der Waals surface area contributed by atoms with Crippen LogP contribution in [-0.4, -0.2) is 25.5 Å². The molecule has 1 aliphatic rings. The first-order chi connectivity index (χ1) is 8.93. The van der Waals surface area contributed by atoms with Crippen LogP contribution in [0.2, 0.25) is 0 Å². The number of nitrogens with one attached hydrogen (secondary N) is 1. The van der Waals surface area contributed by atoms with Crippen LogP contribution in [0.3, 0.4) is 0 Å². The normalized spacial score (nSPS) is 17.5. The second-order valence-corrected chi connectivity index (χ2v) is 5.97. The third kappa shape index (κ3) is 3.00. The summed E-state index contributed by atoms with van der Waals surface area (Å²) in [5.41, 5.74) is 8.55. The molecule has 1 saturated heterocycles. The molecule has 1 fully saturated rings. The van der Waals surface area contributed by atoms with Crippen molar-refractivity contribution in [3.05, 3.63) is 23.8 Å². The van der Waals surface area contributed by atoms with Gasteiger partial charge in [0.1, 0.15) is 0 Å². The van der Waals surface area contributed by atoms with Gasteiger partial charge in [0.25, 0.3) is 5.91 Å². The molecule has 2 rings (SSSR count). The Hall–Kier alpha value is -1.71. The Bertz CT molecular complexity index is 482. The molecule has 0 atom stereocenters. The highest BCUT2D eigenvalue weighted by Gasteiger charge is 2.31. The number of nitrogens with zero attached hydrogens (tertiary/aromatic N) is 1. The highest BCUT2D eigenvalue weighted by atomic mass is 16.1. The highest BCUT2D eigenvalue weighted by molar-refractivity contribution is 6.00. The van der Waals surface area contributed by atoms with E-state index >= 15 is 0 Å². The van der Waals surface area contributed by atoms with Gasteiger partial charge in [-0.05, 0) is 37.0 Å². The summed E-state index contributed by atoms with van der Waals surface area (Å²) >= 11 is 0. The minimum atomic E-state index is -0.0257. The van der Waals surface area contributed by atoms with Gasteiger partial charge in [-0.2, -0.15) is 0 Å². The number of benzene rings is 1. The number of nitrogens with two attached hydrogens (primary N) is 1. The van der Waals surface area contributed by atoms with Crippen LogP contribution in [-0.2, 0) is 0 Å². The first-order valence-electron chi connectivity index (χ1n) is 6.85. The molecule has 4 nitrogen and oxygen atoms in total. The van der Waals surface area contributed by atoms with Gasteiger partial charge in [0.05, 0.1) is 11.3 Å². The molecule has 0 saturated carbocycles. The molecule has 0 spiro atoms. The van der Waals surface area contributed by atoms with Crippen LogP contribution in [0.4, 0.5) is 11.4 Å². The number of hydrogen-bond acceptors (Lipinski definition) is 3. The van der Waals surface area contributed by atoms with Crippen LogP contribution in [0, 0.1) is 5.41 Å². The Morgan fingerprint density at radius 1 is 1.47 bits per heavy atom. The predicted octanol–water partition coefficient (Wildman–Crippen LogP) is 2.25. The minimum absolute atomic E-state index is 0.0257. The Morgan fingerprint density at radius 3 is 2.79 bits per heavy atom. The van der Waals surface area contributed by atoms with E-state index in [1.807, 2.05) is 19.1 Å². The lowest BCUT2D eigenvalue weighted by Crippen LogP contribution is -2.28. The third-order valence-corrected chi connectivity index (χ3v) is 3.62. The zero-order chi connectivity index (χ0) is 14.0. The van der Waals surface area contributed by atoms with Crippen molar-refractivity contribution in [2.45, 2.75) is 27.2 Å². The molecular weight excluding hydrogens is 238 g/mol. The van der Waals surface area contributed by atoms with Crippen molar-refractivity contribution in [2.75, 3.05) is 30.3 Å². The number of anilines is 2. The largest absolute Gasteiger partial charge is 0.399 e. The van der Waals surface area contributed by atoms with E-state index in [0.29, 0.717) is 23.2 Å². The smallest absolute Gasteiger partial charge is 0.253 e. The molecule has 0 radical (unpaired) electrons. The molecule has 0 aromatic heterocycles. The monoisotopic (exact) mass is 261 g/mol. The second kappa shape index (κ2) is 5.11. The number of carbonyl (C=O) groups excluding carboxylic acids is 1. The van der Waals surface area contributed by atoms with E-state index in [1.165, 1.54) is 0 Å². The maximum absolute atomic E-state index is 12.1. The van der Waals surface area contributed by atoms with E-state index in [2.05, 4.69) is 24.1 Å². The van der Waals surface area contributed by atoms with E-state index in [1.54, 1.807) is 6.07 Å². The molecule has 0 aliphatic carbocycles. The minimum Gasteiger partial charge on any atom is -0.399 e. The summed E-state index contributed by atoms with van der Waals surface area (Å²) in [6.45, 7) is 9.00. The van der Waals surface area contributed by atoms with E-state index in [-0.39, 0.29) is 5.91 Å². The Balaban J connectivity index is 2.33. The van der Waals surface area contributed by atoms with E-state index in [0.717, 1.165) is 25.2 Å². The number of carbonyl (C=O) groups is 1. The van der Waals surface area contributed by atoms with Gasteiger partial charge in [0.2, 0.25) is 0 Å². The maximum Gasteiger partial charge on any atom is 0.253 e. The van der Waals surface area contributed by atoms with Crippen LogP contribution in [0.5, 0.6) is 0 Å². The fourth-order valence-corrected chi connectivity index (χ4v) is 2.58. The summed E-state index contributed by atoms with van der Waals surface area (Å²) in [6.07, 6.45) is 1.14. The molecule has 1 amide bonds. The van der Waals surface area contributed by atoms with Gasteiger partial charge < -0.3 is 16.0 Å². The summed E-state index contributed by atoms with van der Waals surface area (Å²) in [5, 5.41) is 2.86. The maximum atomic E-state index is 12.1. The molecule has 1 heterocycles. The lowest BCUT2D eigenvalue weighted by Gasteiger charge is -2.24. The van der Waals surface area contributed by atoms with Crippen LogP contribution < -0.4 is 16.0 Å². The van der Waals surface area contributed by atoms with E-state index in [4.69, 9.17) is 5.73 Å². The van der Waals surface area contributed by atoms with Crippen molar-refractivity contribution in [1.82, 2.24) is 5.32 Å². The van der Waals surface area contributed by atoms with Crippen molar-refractivity contribution >= 4 is 17.3 Å². The van der Waals surface area contributed by atoms with Crippen molar-refractivity contribution in [1.29, 1.82) is 0 Å². The molecule has 1 aliphatic heterocycles. The quantitative estimate of drug-likeness (QED) is 0.821. The standard InChI is InChI=1S/C15H23N3O/c1-4-17-14(19)12-6-5-11(16)9-13(12)18-8-7-15(2,3)10-18/h5-6,9H,4,7-8,10,16H2,1-3H3,(H,17,19). The SMILES string of the molecule is CCNC(=O)c1ccc(N)cc1N1CCC(C)(C)C1. The van der Waals surface area contributed by atoms with E-state index < -0.39 is 0 Å². The van der Waals surface area contributed by atoms with Crippen molar-refractivity contribution < 1.29 is 4.79 Å². The van der Waals surface area contributed by atoms with Gasteiger partial charge in [-0.15, -0.1) is 0 Å². The van der Waals surface area contributed by atoms with Crippen LogP contribution in [0.25, 0.3) is 0 Å². The fourth-order valence-electron chi connectivity index (χ4n) is 2.58. The van der Waals surface area contributed by atoms with Crippen molar-refractivity contribution in [2.24, 2.45) is 5.41 Å². The summed E-state index contributed by atoms with van der Waals surface area (Å²) in [4.78, 5) is 14.4. The van der Waals surface area contributed by atoms with E-state index in [9.17, 15) is 4.79 Å². The number of hydrogen-bond donors (Lipinski definition) is 2. The molecular formula is C15H23N3O. The Morgan fingerprint density at radius 2 is 2.21 bits per heavy atom. The van der Waals surface area contributed by atoms with Crippen LogP contribution in [0.15, 0.2) is 18.2 Å². The van der Waals surface area contributed by atoms with Crippen LogP contribution >= 0.6 is 0 Å². The number of nitrogen functional groups attached to an aromatic ring is 1. The highest BCUT2D eigenvalue weighted by Crippen LogP contribution is 2.34. The first kappa shape index (κ1) is 13.7.